The van der Waals surface area contributed by atoms with Crippen LogP contribution >= 0.6 is 0 Å². The number of carbonyl (C=O) groups is 1. The largest absolute Gasteiger partial charge is 0.373 e. The Morgan fingerprint density at radius 2 is 1.91 bits per heavy atom. The summed E-state index contributed by atoms with van der Waals surface area (Å²) in [6.07, 6.45) is 9.25. The molecule has 2 amide bonds. The summed E-state index contributed by atoms with van der Waals surface area (Å²) in [5, 5.41) is 2.74. The summed E-state index contributed by atoms with van der Waals surface area (Å²) in [6, 6.07) is -0.0211. The molecule has 2 aliphatic rings. The number of carbonyl (C=O) groups excluding carboxylic acids is 1. The van der Waals surface area contributed by atoms with Crippen LogP contribution in [-0.4, -0.2) is 67.3 Å². The minimum Gasteiger partial charge on any atom is -0.373 e. The van der Waals surface area contributed by atoms with E-state index in [4.69, 9.17) is 11.2 Å². The second-order valence-corrected chi connectivity index (χ2v) is 6.60. The van der Waals surface area contributed by atoms with E-state index in [1.807, 2.05) is 4.90 Å². The van der Waals surface area contributed by atoms with Crippen molar-refractivity contribution in [2.24, 2.45) is 5.92 Å². The fraction of sp³-hybridized carbons (Fsp3) is 0.824. The van der Waals surface area contributed by atoms with Crippen molar-refractivity contribution in [3.63, 3.8) is 0 Å². The molecule has 124 valence electrons. The lowest BCUT2D eigenvalue weighted by Crippen LogP contribution is -2.47. The van der Waals surface area contributed by atoms with Gasteiger partial charge in [0.1, 0.15) is 0 Å². The molecule has 2 heterocycles. The van der Waals surface area contributed by atoms with Crippen molar-refractivity contribution in [2.75, 3.05) is 39.3 Å². The van der Waals surface area contributed by atoms with E-state index in [1.165, 1.54) is 6.42 Å². The lowest BCUT2D eigenvalue weighted by Gasteiger charge is -2.37. The first-order chi connectivity index (χ1) is 10.6. The molecule has 0 radical (unpaired) electrons. The normalized spacial score (nSPS) is 27.4. The summed E-state index contributed by atoms with van der Waals surface area (Å²) >= 11 is 0. The lowest BCUT2D eigenvalue weighted by atomic mass is 9.93. The second kappa shape index (κ2) is 8.40. The molecule has 1 N–H and O–H groups in total. The Kier molecular flexibility index (Phi) is 6.53. The van der Waals surface area contributed by atoms with Crippen molar-refractivity contribution < 1.29 is 9.53 Å². The van der Waals surface area contributed by atoms with Gasteiger partial charge in [0.05, 0.1) is 18.8 Å². The number of nitrogens with one attached hydrogen (secondary N) is 1. The molecule has 0 aliphatic carbocycles. The maximum Gasteiger partial charge on any atom is 0.318 e. The van der Waals surface area contributed by atoms with E-state index in [2.05, 4.69) is 30.0 Å². The molecule has 5 heteroatoms. The number of hydrogen-bond donors (Lipinski definition) is 1. The minimum atomic E-state index is -0.0211. The van der Waals surface area contributed by atoms with Gasteiger partial charge >= 0.3 is 6.03 Å². The Morgan fingerprint density at radius 3 is 2.50 bits per heavy atom. The van der Waals surface area contributed by atoms with E-state index < -0.39 is 0 Å². The number of terminal acetylenes is 1. The maximum absolute atomic E-state index is 11.8. The number of piperidine rings is 1. The highest BCUT2D eigenvalue weighted by molar-refractivity contribution is 5.74. The molecule has 0 bridgehead atoms. The van der Waals surface area contributed by atoms with Crippen LogP contribution in [-0.2, 0) is 4.74 Å². The molecule has 22 heavy (non-hydrogen) atoms. The number of ether oxygens (including phenoxy) is 1. The molecule has 2 saturated heterocycles. The second-order valence-electron chi connectivity index (χ2n) is 6.60. The summed E-state index contributed by atoms with van der Waals surface area (Å²) in [5.41, 5.74) is 0. The van der Waals surface area contributed by atoms with Crippen molar-refractivity contribution >= 4 is 6.03 Å². The van der Waals surface area contributed by atoms with Crippen LogP contribution < -0.4 is 5.32 Å². The zero-order valence-corrected chi connectivity index (χ0v) is 13.9. The molecule has 0 aromatic heterocycles. The highest BCUT2D eigenvalue weighted by Crippen LogP contribution is 2.22. The molecule has 2 rings (SSSR count). The van der Waals surface area contributed by atoms with Crippen LogP contribution in [0.15, 0.2) is 0 Å². The number of rotatable bonds is 4. The van der Waals surface area contributed by atoms with Crippen LogP contribution in [0.2, 0.25) is 0 Å². The van der Waals surface area contributed by atoms with Crippen LogP contribution in [0.5, 0.6) is 0 Å². The van der Waals surface area contributed by atoms with Crippen molar-refractivity contribution in [3.05, 3.63) is 0 Å². The summed E-state index contributed by atoms with van der Waals surface area (Å²) in [6.45, 7) is 9.52. The van der Waals surface area contributed by atoms with Gasteiger partial charge in [-0.15, -0.1) is 6.42 Å². The van der Waals surface area contributed by atoms with E-state index in [9.17, 15) is 4.79 Å². The minimum absolute atomic E-state index is 0.0211. The SMILES string of the molecule is C#CCNC(=O)N1CCC(CCN2CC(C)OC(C)C2)CC1. The zero-order valence-electron chi connectivity index (χ0n) is 13.9. The van der Waals surface area contributed by atoms with Gasteiger partial charge in [0.2, 0.25) is 0 Å². The molecular formula is C17H29N3O2. The molecule has 0 saturated carbocycles. The molecule has 0 aromatic carbocycles. The Hall–Kier alpha value is -1.25. The van der Waals surface area contributed by atoms with Gasteiger partial charge in [-0.1, -0.05) is 5.92 Å². The van der Waals surface area contributed by atoms with Crippen molar-refractivity contribution in [1.29, 1.82) is 0 Å². The van der Waals surface area contributed by atoms with Crippen LogP contribution in [0.4, 0.5) is 4.79 Å². The van der Waals surface area contributed by atoms with Crippen molar-refractivity contribution in [3.8, 4) is 12.3 Å². The molecule has 0 spiro atoms. The van der Waals surface area contributed by atoms with Gasteiger partial charge in [0.15, 0.2) is 0 Å². The summed E-state index contributed by atoms with van der Waals surface area (Å²) in [4.78, 5) is 16.2. The number of likely N-dealkylation sites (tertiary alicyclic amines) is 1. The van der Waals surface area contributed by atoms with Crippen LogP contribution in [0.1, 0.15) is 33.1 Å². The van der Waals surface area contributed by atoms with E-state index in [0.717, 1.165) is 51.5 Å². The Labute approximate surface area is 134 Å². The predicted octanol–water partition coefficient (Wildman–Crippen LogP) is 1.54. The first kappa shape index (κ1) is 17.1. The quantitative estimate of drug-likeness (QED) is 0.801. The average molecular weight is 307 g/mol. The summed E-state index contributed by atoms with van der Waals surface area (Å²) < 4.78 is 5.77. The number of morpholine rings is 1. The monoisotopic (exact) mass is 307 g/mol. The Morgan fingerprint density at radius 1 is 1.27 bits per heavy atom. The van der Waals surface area contributed by atoms with Gasteiger partial charge in [-0.3, -0.25) is 4.90 Å². The van der Waals surface area contributed by atoms with E-state index in [0.29, 0.717) is 18.8 Å². The number of hydrogen-bond acceptors (Lipinski definition) is 3. The highest BCUT2D eigenvalue weighted by atomic mass is 16.5. The highest BCUT2D eigenvalue weighted by Gasteiger charge is 2.25. The topological polar surface area (TPSA) is 44.8 Å². The standard InChI is InChI=1S/C17H29N3O2/c1-4-8-18-17(21)20-10-6-16(7-11-20)5-9-19-12-14(2)22-15(3)13-19/h1,14-16H,5-13H2,2-3H3,(H,18,21). The molecule has 5 nitrogen and oxygen atoms in total. The van der Waals surface area contributed by atoms with Crippen LogP contribution in [0, 0.1) is 18.3 Å². The van der Waals surface area contributed by atoms with Gasteiger partial charge < -0.3 is 15.0 Å². The van der Waals surface area contributed by atoms with E-state index in [-0.39, 0.29) is 6.03 Å². The maximum atomic E-state index is 11.8. The first-order valence-electron chi connectivity index (χ1n) is 8.42. The lowest BCUT2D eigenvalue weighted by molar-refractivity contribution is -0.0692. The fourth-order valence-corrected chi connectivity index (χ4v) is 3.50. The summed E-state index contributed by atoms with van der Waals surface area (Å²) in [5.74, 6) is 3.16. The third kappa shape index (κ3) is 5.19. The van der Waals surface area contributed by atoms with E-state index in [1.54, 1.807) is 0 Å². The van der Waals surface area contributed by atoms with Crippen molar-refractivity contribution in [2.45, 2.75) is 45.3 Å². The smallest absolute Gasteiger partial charge is 0.318 e. The van der Waals surface area contributed by atoms with Crippen LogP contribution in [0.3, 0.4) is 0 Å². The third-order valence-corrected chi connectivity index (χ3v) is 4.59. The number of urea groups is 1. The summed E-state index contributed by atoms with van der Waals surface area (Å²) in [7, 11) is 0. The molecule has 2 aliphatic heterocycles. The fourth-order valence-electron chi connectivity index (χ4n) is 3.50. The predicted molar refractivity (Wildman–Crippen MR) is 87.6 cm³/mol. The Bertz CT molecular complexity index is 389. The average Bonchev–Trinajstić information content (AvgIpc) is 2.50. The molecule has 2 atom stereocenters. The van der Waals surface area contributed by atoms with Gasteiger partial charge in [0.25, 0.3) is 0 Å². The van der Waals surface area contributed by atoms with Gasteiger partial charge in [0, 0.05) is 26.2 Å². The molecule has 2 unspecified atom stereocenters. The molecule has 2 fully saturated rings. The third-order valence-electron chi connectivity index (χ3n) is 4.59. The molecular weight excluding hydrogens is 278 g/mol. The van der Waals surface area contributed by atoms with Gasteiger partial charge in [-0.2, -0.15) is 0 Å². The van der Waals surface area contributed by atoms with Crippen molar-refractivity contribution in [1.82, 2.24) is 15.1 Å². The first-order valence-corrected chi connectivity index (χ1v) is 8.42. The van der Waals surface area contributed by atoms with Gasteiger partial charge in [-0.05, 0) is 45.6 Å². The number of amides is 2. The van der Waals surface area contributed by atoms with Crippen LogP contribution in [0.25, 0.3) is 0 Å². The van der Waals surface area contributed by atoms with Gasteiger partial charge in [-0.25, -0.2) is 4.79 Å². The number of nitrogens with zero attached hydrogens (tertiary/aromatic N) is 2. The molecule has 0 aromatic rings. The Balaban J connectivity index is 1.65. The zero-order chi connectivity index (χ0) is 15.9. The van der Waals surface area contributed by atoms with E-state index >= 15 is 0 Å².